The van der Waals surface area contributed by atoms with Gasteiger partial charge in [-0.25, -0.2) is 0 Å². The van der Waals surface area contributed by atoms with E-state index in [9.17, 15) is 19.2 Å². The Kier molecular flexibility index (Phi) is 14.9. The lowest BCUT2D eigenvalue weighted by Gasteiger charge is -2.25. The lowest BCUT2D eigenvalue weighted by atomic mass is 10.0. The zero-order valence-corrected chi connectivity index (χ0v) is 24.6. The quantitative estimate of drug-likeness (QED) is 0.0674. The molecule has 0 fully saturated rings. The van der Waals surface area contributed by atoms with Gasteiger partial charge in [0.1, 0.15) is 18.1 Å². The molecule has 0 spiro atoms. The maximum atomic E-state index is 13.4. The Morgan fingerprint density at radius 2 is 1.24 bits per heavy atom. The van der Waals surface area contributed by atoms with Crippen molar-refractivity contribution in [2.75, 3.05) is 18.6 Å². The number of nitrogens with zero attached hydrogens (tertiary/aromatic N) is 1. The number of hydrogen-bond donors (Lipinski definition) is 7. The molecule has 0 saturated heterocycles. The number of carbonyl (C=O) groups is 4. The molecule has 0 radical (unpaired) electrons. The molecule has 0 saturated carbocycles. The maximum absolute atomic E-state index is 13.4. The van der Waals surface area contributed by atoms with E-state index in [4.69, 9.17) is 22.9 Å². The molecule has 11 N–H and O–H groups in total. The van der Waals surface area contributed by atoms with Crippen molar-refractivity contribution in [1.29, 1.82) is 0 Å². The number of hydrogen-bond acceptors (Lipinski definition) is 7. The normalized spacial score (nSPS) is 13.6. The number of benzene rings is 2. The number of primary amides is 1. The summed E-state index contributed by atoms with van der Waals surface area (Å²) in [4.78, 5) is 55.8. The van der Waals surface area contributed by atoms with Crippen molar-refractivity contribution in [3.05, 3.63) is 71.8 Å². The van der Waals surface area contributed by atoms with Crippen molar-refractivity contribution in [1.82, 2.24) is 16.0 Å². The average molecular weight is 599 g/mol. The molecule has 0 aliphatic carbocycles. The highest BCUT2D eigenvalue weighted by Crippen LogP contribution is 2.08. The highest BCUT2D eigenvalue weighted by Gasteiger charge is 2.30. The molecular weight excluding hydrogens is 556 g/mol. The molecule has 0 heterocycles. The first kappa shape index (κ1) is 34.1. The third-order valence-corrected chi connectivity index (χ3v) is 7.04. The van der Waals surface area contributed by atoms with Crippen LogP contribution in [0.2, 0.25) is 0 Å². The van der Waals surface area contributed by atoms with E-state index >= 15 is 0 Å². The molecule has 0 unspecified atom stereocenters. The molecule has 12 nitrogen and oxygen atoms in total. The fraction of sp³-hybridized carbons (Fsp3) is 0.414. The highest BCUT2D eigenvalue weighted by atomic mass is 32.2. The lowest BCUT2D eigenvalue weighted by molar-refractivity contribution is -0.133. The van der Waals surface area contributed by atoms with Crippen LogP contribution in [0.15, 0.2) is 65.7 Å². The number of aliphatic imine (C=N–C) groups is 1. The van der Waals surface area contributed by atoms with E-state index in [-0.39, 0.29) is 25.3 Å². The predicted octanol–water partition coefficient (Wildman–Crippen LogP) is -0.454. The predicted molar refractivity (Wildman–Crippen MR) is 166 cm³/mol. The summed E-state index contributed by atoms with van der Waals surface area (Å²) in [6.07, 6.45) is 3.21. The van der Waals surface area contributed by atoms with Gasteiger partial charge in [-0.2, -0.15) is 11.8 Å². The van der Waals surface area contributed by atoms with Crippen LogP contribution in [0.5, 0.6) is 0 Å². The van der Waals surface area contributed by atoms with Crippen molar-refractivity contribution in [2.24, 2.45) is 27.9 Å². The van der Waals surface area contributed by atoms with Crippen LogP contribution in [0.25, 0.3) is 0 Å². The average Bonchev–Trinajstić information content (AvgIpc) is 2.96. The second-order valence-corrected chi connectivity index (χ2v) is 10.8. The van der Waals surface area contributed by atoms with E-state index in [2.05, 4.69) is 20.9 Å². The van der Waals surface area contributed by atoms with Gasteiger partial charge in [-0.1, -0.05) is 60.7 Å². The third-order valence-electron chi connectivity index (χ3n) is 6.40. The Labute approximate surface area is 250 Å². The Morgan fingerprint density at radius 1 is 0.738 bits per heavy atom. The van der Waals surface area contributed by atoms with Gasteiger partial charge in [0.25, 0.3) is 0 Å². The summed E-state index contributed by atoms with van der Waals surface area (Å²) in [7, 11) is 0. The third kappa shape index (κ3) is 12.6. The second kappa shape index (κ2) is 18.4. The Balaban J connectivity index is 2.15. The second-order valence-electron chi connectivity index (χ2n) is 9.80. The van der Waals surface area contributed by atoms with Crippen molar-refractivity contribution < 1.29 is 19.2 Å². The minimum absolute atomic E-state index is 0.0941. The standard InChI is InChI=1S/C29H42N8O4S/c1-42-16-14-23(35-26(39)21(30)17-19-9-4-2-5-10-19)28(41)36-22(13-8-15-34-29(32)33)27(40)37-24(25(31)38)18-20-11-6-3-7-12-20/h2-7,9-12,21-24H,8,13-18,30H2,1H3,(H2,31,38)(H,35,39)(H,36,41)(H,37,40)(H4,32,33,34)/t21-,22-,23+,24-/m1/s1. The maximum Gasteiger partial charge on any atom is 0.243 e. The van der Waals surface area contributed by atoms with Gasteiger partial charge in [0.2, 0.25) is 23.6 Å². The van der Waals surface area contributed by atoms with Gasteiger partial charge in [-0.05, 0) is 48.8 Å². The number of nitrogens with two attached hydrogens (primary N) is 4. The van der Waals surface area contributed by atoms with Gasteiger partial charge in [0.15, 0.2) is 5.96 Å². The van der Waals surface area contributed by atoms with E-state index in [0.717, 1.165) is 11.1 Å². The van der Waals surface area contributed by atoms with Gasteiger partial charge in [-0.3, -0.25) is 24.2 Å². The van der Waals surface area contributed by atoms with Gasteiger partial charge in [0.05, 0.1) is 6.04 Å². The molecule has 0 aliphatic rings. The zero-order valence-electron chi connectivity index (χ0n) is 23.8. The van der Waals surface area contributed by atoms with E-state index < -0.39 is 47.8 Å². The first-order chi connectivity index (χ1) is 20.1. The van der Waals surface area contributed by atoms with Gasteiger partial charge in [-0.15, -0.1) is 0 Å². The summed E-state index contributed by atoms with van der Waals surface area (Å²) in [5, 5.41) is 8.14. The Bertz CT molecular complexity index is 1180. The van der Waals surface area contributed by atoms with Crippen molar-refractivity contribution in [3.63, 3.8) is 0 Å². The number of rotatable bonds is 18. The number of nitrogens with one attached hydrogen (secondary N) is 3. The van der Waals surface area contributed by atoms with Crippen LogP contribution < -0.4 is 38.9 Å². The number of thioether (sulfide) groups is 1. The molecule has 0 aliphatic heterocycles. The van der Waals surface area contributed by atoms with E-state index in [0.29, 0.717) is 25.0 Å². The minimum atomic E-state index is -1.05. The molecule has 0 bridgehead atoms. The van der Waals surface area contributed by atoms with Gasteiger partial charge in [0, 0.05) is 13.0 Å². The van der Waals surface area contributed by atoms with Crippen LogP contribution in [0.1, 0.15) is 30.4 Å². The van der Waals surface area contributed by atoms with E-state index in [1.165, 1.54) is 11.8 Å². The number of guanidine groups is 1. The highest BCUT2D eigenvalue weighted by molar-refractivity contribution is 7.98. The summed E-state index contributed by atoms with van der Waals surface area (Å²) in [6, 6.07) is 14.6. The Morgan fingerprint density at radius 3 is 1.76 bits per heavy atom. The SMILES string of the molecule is CSCC[C@H](NC(=O)[C@H](N)Cc1ccccc1)C(=O)N[C@H](CCCN=C(N)N)C(=O)N[C@H](Cc1ccccc1)C(N)=O. The van der Waals surface area contributed by atoms with Crippen LogP contribution in [0.4, 0.5) is 0 Å². The summed E-state index contributed by atoms with van der Waals surface area (Å²) >= 11 is 1.51. The van der Waals surface area contributed by atoms with Crippen LogP contribution in [-0.2, 0) is 32.0 Å². The van der Waals surface area contributed by atoms with Crippen LogP contribution in [-0.4, -0.2) is 72.3 Å². The smallest absolute Gasteiger partial charge is 0.243 e. The molecule has 4 atom stereocenters. The summed E-state index contributed by atoms with van der Waals surface area (Å²) in [5.74, 6) is -1.85. The fourth-order valence-electron chi connectivity index (χ4n) is 4.13. The van der Waals surface area contributed by atoms with Crippen molar-refractivity contribution in [3.8, 4) is 0 Å². The summed E-state index contributed by atoms with van der Waals surface area (Å²) in [5.41, 5.74) is 24.2. The summed E-state index contributed by atoms with van der Waals surface area (Å²) in [6.45, 7) is 0.228. The molecule has 42 heavy (non-hydrogen) atoms. The lowest BCUT2D eigenvalue weighted by Crippen LogP contribution is -2.58. The first-order valence-electron chi connectivity index (χ1n) is 13.7. The van der Waals surface area contributed by atoms with Crippen LogP contribution in [0.3, 0.4) is 0 Å². The minimum Gasteiger partial charge on any atom is -0.370 e. The molecule has 2 aromatic rings. The zero-order chi connectivity index (χ0) is 30.9. The van der Waals surface area contributed by atoms with E-state index in [1.807, 2.05) is 66.9 Å². The van der Waals surface area contributed by atoms with E-state index in [1.54, 1.807) is 0 Å². The monoisotopic (exact) mass is 598 g/mol. The molecular formula is C29H42N8O4S. The number of amides is 4. The largest absolute Gasteiger partial charge is 0.370 e. The molecule has 0 aromatic heterocycles. The molecule has 4 amide bonds. The molecule has 13 heteroatoms. The first-order valence-corrected chi connectivity index (χ1v) is 15.1. The molecule has 2 aromatic carbocycles. The van der Waals surface area contributed by atoms with Crippen molar-refractivity contribution in [2.45, 2.75) is 56.3 Å². The molecule has 228 valence electrons. The van der Waals surface area contributed by atoms with Gasteiger partial charge < -0.3 is 38.9 Å². The van der Waals surface area contributed by atoms with Gasteiger partial charge >= 0.3 is 0 Å². The van der Waals surface area contributed by atoms with Crippen LogP contribution >= 0.6 is 11.8 Å². The van der Waals surface area contributed by atoms with Crippen molar-refractivity contribution >= 4 is 41.4 Å². The Hall–Kier alpha value is -4.10. The summed E-state index contributed by atoms with van der Waals surface area (Å²) < 4.78 is 0. The molecule has 2 rings (SSSR count). The fourth-order valence-corrected chi connectivity index (χ4v) is 4.60. The number of carbonyl (C=O) groups excluding carboxylic acids is 4. The topological polar surface area (TPSA) is 221 Å². The van der Waals surface area contributed by atoms with Crippen LogP contribution in [0, 0.1) is 0 Å².